The maximum atomic E-state index is 6.02. The van der Waals surface area contributed by atoms with Gasteiger partial charge < -0.3 is 15.4 Å². The number of aromatic nitrogens is 3. The summed E-state index contributed by atoms with van der Waals surface area (Å²) in [5.74, 6) is 1.81. The van der Waals surface area contributed by atoms with Crippen LogP contribution in [0.25, 0.3) is 11.3 Å². The third-order valence-electron chi connectivity index (χ3n) is 4.47. The van der Waals surface area contributed by atoms with Crippen molar-refractivity contribution in [2.75, 3.05) is 26.1 Å². The van der Waals surface area contributed by atoms with E-state index >= 15 is 0 Å². The second-order valence-corrected chi connectivity index (χ2v) is 7.07. The predicted molar refractivity (Wildman–Crippen MR) is 107 cm³/mol. The highest BCUT2D eigenvalue weighted by Gasteiger charge is 2.16. The molecule has 2 heterocycles. The largest absolute Gasteiger partial charge is 0.480 e. The van der Waals surface area contributed by atoms with Crippen molar-refractivity contribution in [3.05, 3.63) is 29.7 Å². The van der Waals surface area contributed by atoms with E-state index in [9.17, 15) is 0 Å². The van der Waals surface area contributed by atoms with Crippen LogP contribution in [0, 0.1) is 0 Å². The van der Waals surface area contributed by atoms with E-state index in [0.29, 0.717) is 11.8 Å². The maximum Gasteiger partial charge on any atom is 0.235 e. The van der Waals surface area contributed by atoms with Crippen molar-refractivity contribution in [3.63, 3.8) is 0 Å². The van der Waals surface area contributed by atoms with Gasteiger partial charge in [0.15, 0.2) is 0 Å². The Labute approximate surface area is 156 Å². The molecule has 2 aromatic rings. The smallest absolute Gasteiger partial charge is 0.235 e. The Balaban J connectivity index is 2.39. The van der Waals surface area contributed by atoms with Gasteiger partial charge in [0, 0.05) is 31.4 Å². The van der Waals surface area contributed by atoms with Crippen molar-refractivity contribution >= 4 is 5.82 Å². The zero-order valence-electron chi connectivity index (χ0n) is 16.8. The van der Waals surface area contributed by atoms with Crippen LogP contribution in [-0.2, 0) is 6.42 Å². The lowest BCUT2D eigenvalue weighted by molar-refractivity contribution is 0.388. The lowest BCUT2D eigenvalue weighted by atomic mass is 10.1. The fourth-order valence-electron chi connectivity index (χ4n) is 2.71. The summed E-state index contributed by atoms with van der Waals surface area (Å²) in [6.45, 7) is 6.37. The molecule has 26 heavy (non-hydrogen) atoms. The predicted octanol–water partition coefficient (Wildman–Crippen LogP) is 3.41. The van der Waals surface area contributed by atoms with Crippen LogP contribution in [0.1, 0.15) is 50.9 Å². The van der Waals surface area contributed by atoms with E-state index < -0.39 is 0 Å². The van der Waals surface area contributed by atoms with E-state index in [2.05, 4.69) is 37.9 Å². The molecule has 2 aromatic heterocycles. The van der Waals surface area contributed by atoms with Crippen LogP contribution >= 0.6 is 0 Å². The quantitative estimate of drug-likeness (QED) is 0.780. The topological polar surface area (TPSA) is 77.2 Å². The molecule has 0 aliphatic rings. The summed E-state index contributed by atoms with van der Waals surface area (Å²) >= 11 is 0. The molecule has 2 rings (SSSR count). The summed E-state index contributed by atoms with van der Waals surface area (Å²) in [7, 11) is 5.60. The average molecular weight is 358 g/mol. The molecule has 142 valence electrons. The van der Waals surface area contributed by atoms with Gasteiger partial charge in [0.1, 0.15) is 11.5 Å². The first kappa shape index (κ1) is 20.1. The second-order valence-electron chi connectivity index (χ2n) is 7.07. The molecule has 2 N–H and O–H groups in total. The van der Waals surface area contributed by atoms with Crippen molar-refractivity contribution in [3.8, 4) is 17.1 Å². The summed E-state index contributed by atoms with van der Waals surface area (Å²) in [6.07, 6.45) is 4.38. The summed E-state index contributed by atoms with van der Waals surface area (Å²) in [5, 5.41) is 0. The minimum Gasteiger partial charge on any atom is -0.480 e. The average Bonchev–Trinajstić information content (AvgIpc) is 2.65. The Morgan fingerprint density at radius 2 is 1.92 bits per heavy atom. The van der Waals surface area contributed by atoms with E-state index in [4.69, 9.17) is 20.4 Å². The number of nitrogens with zero attached hydrogens (tertiary/aromatic N) is 4. The molecule has 0 amide bonds. The van der Waals surface area contributed by atoms with Crippen LogP contribution in [-0.4, -0.2) is 42.2 Å². The highest BCUT2D eigenvalue weighted by molar-refractivity contribution is 5.73. The van der Waals surface area contributed by atoms with Crippen molar-refractivity contribution in [2.24, 2.45) is 5.73 Å². The highest BCUT2D eigenvalue weighted by Crippen LogP contribution is 2.30. The maximum absolute atomic E-state index is 6.02. The monoisotopic (exact) mass is 357 g/mol. The zero-order chi connectivity index (χ0) is 19.3. The first-order chi connectivity index (χ1) is 12.4. The number of pyridine rings is 1. The number of aryl methyl sites for hydroxylation is 1. The molecule has 0 bridgehead atoms. The molecule has 0 saturated carbocycles. The first-order valence-corrected chi connectivity index (χ1v) is 9.21. The number of rotatable bonds is 8. The molecule has 1 atom stereocenters. The third kappa shape index (κ3) is 4.69. The van der Waals surface area contributed by atoms with Crippen molar-refractivity contribution in [2.45, 2.75) is 52.0 Å². The summed E-state index contributed by atoms with van der Waals surface area (Å²) in [4.78, 5) is 16.1. The molecule has 0 radical (unpaired) electrons. The van der Waals surface area contributed by atoms with Gasteiger partial charge in [-0.25, -0.2) is 9.97 Å². The Bertz CT molecular complexity index is 730. The van der Waals surface area contributed by atoms with Crippen molar-refractivity contribution in [1.29, 1.82) is 0 Å². The van der Waals surface area contributed by atoms with Gasteiger partial charge in [-0.2, -0.15) is 0 Å². The molecule has 6 heteroatoms. The lowest BCUT2D eigenvalue weighted by Gasteiger charge is -2.19. The van der Waals surface area contributed by atoms with Crippen LogP contribution in [0.4, 0.5) is 5.82 Å². The van der Waals surface area contributed by atoms with Gasteiger partial charge in [-0.05, 0) is 37.3 Å². The second kappa shape index (κ2) is 8.94. The number of hydrogen-bond acceptors (Lipinski definition) is 6. The minimum atomic E-state index is 0.175. The van der Waals surface area contributed by atoms with Crippen LogP contribution in [0.3, 0.4) is 0 Å². The molecular formula is C20H31N5O. The first-order valence-electron chi connectivity index (χ1n) is 9.21. The SMILES string of the molecule is CCC(N)CCc1ncc(-c2ccc(C(C)C)nc2N(C)C)nc1OC. The number of ether oxygens (including phenoxy) is 1. The lowest BCUT2D eigenvalue weighted by Crippen LogP contribution is -2.19. The van der Waals surface area contributed by atoms with Gasteiger partial charge >= 0.3 is 0 Å². The molecular weight excluding hydrogens is 326 g/mol. The number of nitrogens with two attached hydrogens (primary N) is 1. The van der Waals surface area contributed by atoms with Gasteiger partial charge in [0.2, 0.25) is 5.88 Å². The highest BCUT2D eigenvalue weighted by atomic mass is 16.5. The van der Waals surface area contributed by atoms with E-state index in [0.717, 1.165) is 47.7 Å². The molecule has 0 aliphatic carbocycles. The van der Waals surface area contributed by atoms with Crippen LogP contribution in [0.2, 0.25) is 0 Å². The Morgan fingerprint density at radius 1 is 1.19 bits per heavy atom. The zero-order valence-corrected chi connectivity index (χ0v) is 16.8. The molecule has 0 fully saturated rings. The standard InChI is InChI=1S/C20H31N5O/c1-7-14(21)8-10-17-20(26-6)24-18(12-22-17)15-9-11-16(13(2)3)23-19(15)25(4)5/h9,11-14H,7-8,10,21H2,1-6H3. The van der Waals surface area contributed by atoms with E-state index in [-0.39, 0.29) is 6.04 Å². The van der Waals surface area contributed by atoms with Crippen LogP contribution in [0.5, 0.6) is 5.88 Å². The van der Waals surface area contributed by atoms with Gasteiger partial charge in [-0.1, -0.05) is 20.8 Å². The van der Waals surface area contributed by atoms with Crippen LogP contribution < -0.4 is 15.4 Å². The fraction of sp³-hybridized carbons (Fsp3) is 0.550. The molecule has 0 saturated heterocycles. The molecule has 0 aliphatic heterocycles. The third-order valence-corrected chi connectivity index (χ3v) is 4.47. The molecule has 6 nitrogen and oxygen atoms in total. The Kier molecular flexibility index (Phi) is 6.91. The number of hydrogen-bond donors (Lipinski definition) is 1. The Morgan fingerprint density at radius 3 is 2.50 bits per heavy atom. The van der Waals surface area contributed by atoms with E-state index in [1.165, 1.54) is 0 Å². The normalized spacial score (nSPS) is 12.3. The minimum absolute atomic E-state index is 0.175. The molecule has 1 unspecified atom stereocenters. The molecule has 0 aromatic carbocycles. The van der Waals surface area contributed by atoms with Gasteiger partial charge in [-0.15, -0.1) is 0 Å². The number of methoxy groups -OCH3 is 1. The fourth-order valence-corrected chi connectivity index (χ4v) is 2.71. The van der Waals surface area contributed by atoms with Crippen molar-refractivity contribution in [1.82, 2.24) is 15.0 Å². The van der Waals surface area contributed by atoms with Gasteiger partial charge in [0.25, 0.3) is 0 Å². The van der Waals surface area contributed by atoms with Crippen molar-refractivity contribution < 1.29 is 4.74 Å². The summed E-state index contributed by atoms with van der Waals surface area (Å²) in [5.41, 5.74) is 9.63. The van der Waals surface area contributed by atoms with Gasteiger partial charge in [-0.3, -0.25) is 4.98 Å². The van der Waals surface area contributed by atoms with Gasteiger partial charge in [0.05, 0.1) is 19.0 Å². The summed E-state index contributed by atoms with van der Waals surface area (Å²) < 4.78 is 5.49. The Hall–Kier alpha value is -2.21. The number of anilines is 1. The van der Waals surface area contributed by atoms with E-state index in [1.807, 2.05) is 19.0 Å². The molecule has 0 spiro atoms. The van der Waals surface area contributed by atoms with E-state index in [1.54, 1.807) is 13.3 Å². The van der Waals surface area contributed by atoms with Crippen LogP contribution in [0.15, 0.2) is 18.3 Å². The summed E-state index contributed by atoms with van der Waals surface area (Å²) in [6, 6.07) is 4.29.